The molecule has 0 unspecified atom stereocenters. The van der Waals surface area contributed by atoms with E-state index in [0.717, 1.165) is 5.56 Å². The Morgan fingerprint density at radius 1 is 1.36 bits per heavy atom. The first kappa shape index (κ1) is 9.06. The second-order valence-electron chi connectivity index (χ2n) is 3.88. The standard InChI is InChI=1S/C11H12O3/c1-11(2)8-5-4-7(13-3)6-9(8)14-10(11)12/h4-6H,1-3H3. The van der Waals surface area contributed by atoms with E-state index in [2.05, 4.69) is 0 Å². The first-order valence-corrected chi connectivity index (χ1v) is 4.46. The van der Waals surface area contributed by atoms with Crippen LogP contribution in [-0.2, 0) is 10.2 Å². The number of benzene rings is 1. The SMILES string of the molecule is COc1ccc2c(c1)OC(=O)C2(C)C. The Hall–Kier alpha value is -1.51. The summed E-state index contributed by atoms with van der Waals surface area (Å²) in [4.78, 5) is 11.5. The minimum absolute atomic E-state index is 0.208. The maximum Gasteiger partial charge on any atom is 0.321 e. The zero-order valence-corrected chi connectivity index (χ0v) is 8.46. The van der Waals surface area contributed by atoms with Gasteiger partial charge < -0.3 is 9.47 Å². The summed E-state index contributed by atoms with van der Waals surface area (Å²) < 4.78 is 10.2. The van der Waals surface area contributed by atoms with Crippen molar-refractivity contribution in [2.24, 2.45) is 0 Å². The first-order valence-electron chi connectivity index (χ1n) is 4.46. The lowest BCUT2D eigenvalue weighted by Gasteiger charge is -2.12. The normalized spacial score (nSPS) is 17.5. The molecule has 0 radical (unpaired) electrons. The van der Waals surface area contributed by atoms with Gasteiger partial charge >= 0.3 is 5.97 Å². The second-order valence-corrected chi connectivity index (χ2v) is 3.88. The van der Waals surface area contributed by atoms with E-state index in [4.69, 9.17) is 9.47 Å². The van der Waals surface area contributed by atoms with Gasteiger partial charge in [0.05, 0.1) is 12.5 Å². The van der Waals surface area contributed by atoms with Crippen LogP contribution < -0.4 is 9.47 Å². The van der Waals surface area contributed by atoms with E-state index in [9.17, 15) is 4.79 Å². The molecule has 14 heavy (non-hydrogen) atoms. The molecular weight excluding hydrogens is 180 g/mol. The molecule has 0 bridgehead atoms. The number of fused-ring (bicyclic) bond motifs is 1. The van der Waals surface area contributed by atoms with Gasteiger partial charge in [0.25, 0.3) is 0 Å². The van der Waals surface area contributed by atoms with E-state index in [1.807, 2.05) is 26.0 Å². The van der Waals surface area contributed by atoms with Crippen molar-refractivity contribution in [3.8, 4) is 11.5 Å². The van der Waals surface area contributed by atoms with Crippen molar-refractivity contribution in [2.75, 3.05) is 7.11 Å². The Morgan fingerprint density at radius 2 is 2.07 bits per heavy atom. The predicted octanol–water partition coefficient (Wildman–Crippen LogP) is 1.89. The lowest BCUT2D eigenvalue weighted by atomic mass is 9.86. The van der Waals surface area contributed by atoms with Gasteiger partial charge in [0.2, 0.25) is 0 Å². The molecule has 0 saturated carbocycles. The van der Waals surface area contributed by atoms with Crippen molar-refractivity contribution in [3.05, 3.63) is 23.8 Å². The lowest BCUT2D eigenvalue weighted by Crippen LogP contribution is -2.25. The summed E-state index contributed by atoms with van der Waals surface area (Å²) in [5.41, 5.74) is 0.380. The summed E-state index contributed by atoms with van der Waals surface area (Å²) >= 11 is 0. The molecule has 0 aromatic heterocycles. The highest BCUT2D eigenvalue weighted by Crippen LogP contribution is 2.40. The zero-order valence-electron chi connectivity index (χ0n) is 8.46. The summed E-state index contributed by atoms with van der Waals surface area (Å²) in [5.74, 6) is 1.11. The molecule has 0 atom stereocenters. The van der Waals surface area contributed by atoms with Crippen LogP contribution in [-0.4, -0.2) is 13.1 Å². The van der Waals surface area contributed by atoms with Gasteiger partial charge in [0.15, 0.2) is 0 Å². The fraction of sp³-hybridized carbons (Fsp3) is 0.364. The Labute approximate surface area is 82.6 Å². The number of hydrogen-bond acceptors (Lipinski definition) is 3. The number of carbonyl (C=O) groups is 1. The molecule has 0 saturated heterocycles. The Bertz CT molecular complexity index is 394. The smallest absolute Gasteiger partial charge is 0.321 e. The fourth-order valence-corrected chi connectivity index (χ4v) is 1.57. The van der Waals surface area contributed by atoms with Crippen LogP contribution in [0.3, 0.4) is 0 Å². The second kappa shape index (κ2) is 2.74. The van der Waals surface area contributed by atoms with E-state index in [-0.39, 0.29) is 5.97 Å². The minimum Gasteiger partial charge on any atom is -0.497 e. The van der Waals surface area contributed by atoms with E-state index in [1.165, 1.54) is 0 Å². The van der Waals surface area contributed by atoms with Crippen LogP contribution in [0.15, 0.2) is 18.2 Å². The van der Waals surface area contributed by atoms with Gasteiger partial charge in [0.1, 0.15) is 11.5 Å². The molecule has 1 aliphatic heterocycles. The van der Waals surface area contributed by atoms with Crippen LogP contribution in [0.25, 0.3) is 0 Å². The number of rotatable bonds is 1. The van der Waals surface area contributed by atoms with E-state index >= 15 is 0 Å². The van der Waals surface area contributed by atoms with Crippen LogP contribution in [0.2, 0.25) is 0 Å². The molecule has 1 heterocycles. The molecular formula is C11H12O3. The first-order chi connectivity index (χ1) is 6.55. The molecule has 74 valence electrons. The molecule has 3 nitrogen and oxygen atoms in total. The number of ether oxygens (including phenoxy) is 2. The van der Waals surface area contributed by atoms with Crippen LogP contribution >= 0.6 is 0 Å². The molecule has 2 rings (SSSR count). The summed E-state index contributed by atoms with van der Waals surface area (Å²) in [6.45, 7) is 3.71. The molecule has 0 N–H and O–H groups in total. The van der Waals surface area contributed by atoms with Gasteiger partial charge in [-0.1, -0.05) is 6.07 Å². The quantitative estimate of drug-likeness (QED) is 0.503. The summed E-state index contributed by atoms with van der Waals surface area (Å²) in [6, 6.07) is 5.45. The average molecular weight is 192 g/mol. The molecule has 1 aromatic rings. The molecule has 0 spiro atoms. The highest BCUT2D eigenvalue weighted by molar-refractivity contribution is 5.89. The van der Waals surface area contributed by atoms with E-state index < -0.39 is 5.41 Å². The van der Waals surface area contributed by atoms with Crippen molar-refractivity contribution in [3.63, 3.8) is 0 Å². The largest absolute Gasteiger partial charge is 0.497 e. The van der Waals surface area contributed by atoms with Gasteiger partial charge in [-0.25, -0.2) is 0 Å². The van der Waals surface area contributed by atoms with Crippen LogP contribution in [0.4, 0.5) is 0 Å². The third-order valence-electron chi connectivity index (χ3n) is 2.58. The molecule has 1 aromatic carbocycles. The third-order valence-corrected chi connectivity index (χ3v) is 2.58. The van der Waals surface area contributed by atoms with Crippen molar-refractivity contribution in [2.45, 2.75) is 19.3 Å². The van der Waals surface area contributed by atoms with Gasteiger partial charge in [-0.2, -0.15) is 0 Å². The predicted molar refractivity (Wildman–Crippen MR) is 51.7 cm³/mol. The van der Waals surface area contributed by atoms with E-state index in [0.29, 0.717) is 11.5 Å². The van der Waals surface area contributed by atoms with Crippen molar-refractivity contribution in [1.29, 1.82) is 0 Å². The van der Waals surface area contributed by atoms with Gasteiger partial charge in [-0.05, 0) is 19.9 Å². The topological polar surface area (TPSA) is 35.5 Å². The van der Waals surface area contributed by atoms with Crippen LogP contribution in [0.1, 0.15) is 19.4 Å². The van der Waals surface area contributed by atoms with Crippen LogP contribution in [0.5, 0.6) is 11.5 Å². The lowest BCUT2D eigenvalue weighted by molar-refractivity contribution is -0.137. The van der Waals surface area contributed by atoms with Crippen LogP contribution in [0, 0.1) is 0 Å². The summed E-state index contributed by atoms with van der Waals surface area (Å²) in [6.07, 6.45) is 0. The van der Waals surface area contributed by atoms with Gasteiger partial charge in [0, 0.05) is 11.6 Å². The van der Waals surface area contributed by atoms with Crippen molar-refractivity contribution >= 4 is 5.97 Å². The zero-order chi connectivity index (χ0) is 10.3. The monoisotopic (exact) mass is 192 g/mol. The Balaban J connectivity index is 2.54. The summed E-state index contributed by atoms with van der Waals surface area (Å²) in [7, 11) is 1.59. The maximum atomic E-state index is 11.5. The van der Waals surface area contributed by atoms with Gasteiger partial charge in [-0.3, -0.25) is 4.79 Å². The van der Waals surface area contributed by atoms with Crippen molar-refractivity contribution in [1.82, 2.24) is 0 Å². The highest BCUT2D eigenvalue weighted by Gasteiger charge is 2.40. The average Bonchev–Trinajstić information content (AvgIpc) is 2.38. The number of methoxy groups -OCH3 is 1. The maximum absolute atomic E-state index is 11.5. The van der Waals surface area contributed by atoms with E-state index in [1.54, 1.807) is 13.2 Å². The number of carbonyl (C=O) groups excluding carboxylic acids is 1. The molecule has 0 aliphatic carbocycles. The van der Waals surface area contributed by atoms with Gasteiger partial charge in [-0.15, -0.1) is 0 Å². The highest BCUT2D eigenvalue weighted by atomic mass is 16.5. The summed E-state index contributed by atoms with van der Waals surface area (Å²) in [5, 5.41) is 0. The molecule has 0 amide bonds. The number of esters is 1. The minimum atomic E-state index is -0.540. The van der Waals surface area contributed by atoms with Crippen molar-refractivity contribution < 1.29 is 14.3 Å². The Kier molecular flexibility index (Phi) is 1.77. The molecule has 3 heteroatoms. The fourth-order valence-electron chi connectivity index (χ4n) is 1.57. The molecule has 1 aliphatic rings. The third kappa shape index (κ3) is 1.09. The molecule has 0 fully saturated rings. The Morgan fingerprint density at radius 3 is 2.71 bits per heavy atom. The number of hydrogen-bond donors (Lipinski definition) is 0.